The Hall–Kier alpha value is -2.10. The van der Waals surface area contributed by atoms with Gasteiger partial charge in [0.2, 0.25) is 0 Å². The first-order valence-electron chi connectivity index (χ1n) is 10.1. The van der Waals surface area contributed by atoms with Crippen molar-refractivity contribution in [2.75, 3.05) is 27.2 Å². The summed E-state index contributed by atoms with van der Waals surface area (Å²) in [5.41, 5.74) is -1.83. The second kappa shape index (κ2) is 9.03. The van der Waals surface area contributed by atoms with Crippen LogP contribution in [0.15, 0.2) is 42.5 Å². The Bertz CT molecular complexity index is 909. The molecule has 2 atom stereocenters. The SMILES string of the molecule is CC(OCC1(CCN(C)C)OCc2ccccc21)c1cc(C(F)(F)F)cc(C(F)(F)F)c1. The predicted molar refractivity (Wildman–Crippen MR) is 107 cm³/mol. The van der Waals surface area contributed by atoms with E-state index in [0.717, 1.165) is 11.1 Å². The first-order valence-corrected chi connectivity index (χ1v) is 10.1. The number of nitrogens with zero attached hydrogens (tertiary/aromatic N) is 1. The molecular weight excluding hydrogens is 436 g/mol. The molecule has 0 spiro atoms. The Morgan fingerprint density at radius 2 is 1.59 bits per heavy atom. The molecule has 0 amide bonds. The van der Waals surface area contributed by atoms with E-state index in [4.69, 9.17) is 9.47 Å². The van der Waals surface area contributed by atoms with Crippen LogP contribution in [-0.2, 0) is 34.0 Å². The van der Waals surface area contributed by atoms with Crippen molar-refractivity contribution in [1.29, 1.82) is 0 Å². The van der Waals surface area contributed by atoms with E-state index in [1.54, 1.807) is 0 Å². The molecule has 3 nitrogen and oxygen atoms in total. The van der Waals surface area contributed by atoms with Gasteiger partial charge in [-0.25, -0.2) is 0 Å². The van der Waals surface area contributed by atoms with Crippen molar-refractivity contribution in [3.05, 3.63) is 70.3 Å². The molecule has 0 saturated carbocycles. The number of rotatable bonds is 7. The summed E-state index contributed by atoms with van der Waals surface area (Å²) in [5.74, 6) is 0. The molecule has 2 unspecified atom stereocenters. The van der Waals surface area contributed by atoms with E-state index in [0.29, 0.717) is 31.7 Å². The molecule has 0 bridgehead atoms. The van der Waals surface area contributed by atoms with Crippen molar-refractivity contribution in [3.8, 4) is 0 Å². The van der Waals surface area contributed by atoms with Crippen molar-refractivity contribution in [3.63, 3.8) is 0 Å². The van der Waals surface area contributed by atoms with Crippen molar-refractivity contribution >= 4 is 0 Å². The van der Waals surface area contributed by atoms with E-state index in [-0.39, 0.29) is 18.2 Å². The molecule has 0 aromatic heterocycles. The monoisotopic (exact) mass is 461 g/mol. The summed E-state index contributed by atoms with van der Waals surface area (Å²) in [4.78, 5) is 1.97. The minimum atomic E-state index is -4.91. The van der Waals surface area contributed by atoms with E-state index in [9.17, 15) is 26.3 Å². The van der Waals surface area contributed by atoms with E-state index in [1.807, 2.05) is 43.3 Å². The highest BCUT2D eigenvalue weighted by Gasteiger charge is 2.41. The molecule has 1 heterocycles. The summed E-state index contributed by atoms with van der Waals surface area (Å²) in [7, 11) is 3.80. The lowest BCUT2D eigenvalue weighted by molar-refractivity contribution is -0.143. The number of halogens is 6. The number of benzene rings is 2. The van der Waals surface area contributed by atoms with Gasteiger partial charge in [0.1, 0.15) is 5.60 Å². The molecule has 2 aromatic carbocycles. The van der Waals surface area contributed by atoms with Gasteiger partial charge in [-0.05, 0) is 62.3 Å². The van der Waals surface area contributed by atoms with Gasteiger partial charge in [-0.1, -0.05) is 24.3 Å². The van der Waals surface area contributed by atoms with Gasteiger partial charge in [0, 0.05) is 6.54 Å². The average Bonchev–Trinajstić information content (AvgIpc) is 3.08. The lowest BCUT2D eigenvalue weighted by Crippen LogP contribution is -2.35. The maximum atomic E-state index is 13.2. The maximum absolute atomic E-state index is 13.2. The molecule has 32 heavy (non-hydrogen) atoms. The molecule has 1 aliphatic heterocycles. The highest BCUT2D eigenvalue weighted by Crippen LogP contribution is 2.42. The van der Waals surface area contributed by atoms with Crippen LogP contribution in [0.3, 0.4) is 0 Å². The molecular formula is C23H25F6NO2. The standard InChI is InChI=1S/C23H25F6NO2/c1-15(17-10-18(22(24,25)26)12-19(11-17)23(27,28)29)31-14-21(8-9-30(2)3)20-7-5-4-6-16(20)13-32-21/h4-7,10-12,15H,8-9,13-14H2,1-3H3. The van der Waals surface area contributed by atoms with Gasteiger partial charge in [0.15, 0.2) is 0 Å². The number of ether oxygens (including phenoxy) is 2. The number of fused-ring (bicyclic) bond motifs is 1. The topological polar surface area (TPSA) is 21.7 Å². The zero-order valence-corrected chi connectivity index (χ0v) is 18.0. The molecule has 2 aromatic rings. The van der Waals surface area contributed by atoms with Gasteiger partial charge in [0.25, 0.3) is 0 Å². The second-order valence-electron chi connectivity index (χ2n) is 8.29. The summed E-state index contributed by atoms with van der Waals surface area (Å²) >= 11 is 0. The summed E-state index contributed by atoms with van der Waals surface area (Å²) in [6.45, 7) is 2.46. The van der Waals surface area contributed by atoms with Crippen LogP contribution in [0.1, 0.15) is 47.3 Å². The summed E-state index contributed by atoms with van der Waals surface area (Å²) in [5, 5.41) is 0. The maximum Gasteiger partial charge on any atom is 0.416 e. The van der Waals surface area contributed by atoms with E-state index >= 15 is 0 Å². The third-order valence-corrected chi connectivity index (χ3v) is 5.62. The molecule has 0 N–H and O–H groups in total. The first-order chi connectivity index (χ1) is 14.8. The van der Waals surface area contributed by atoms with Crippen LogP contribution < -0.4 is 0 Å². The predicted octanol–water partition coefficient (Wildman–Crippen LogP) is 6.18. The van der Waals surface area contributed by atoms with Crippen LogP contribution in [0.4, 0.5) is 26.3 Å². The lowest BCUT2D eigenvalue weighted by Gasteiger charge is -2.32. The zero-order chi connectivity index (χ0) is 23.7. The van der Waals surface area contributed by atoms with E-state index < -0.39 is 35.2 Å². The van der Waals surface area contributed by atoms with Crippen LogP contribution >= 0.6 is 0 Å². The second-order valence-corrected chi connectivity index (χ2v) is 8.29. The van der Waals surface area contributed by atoms with Crippen molar-refractivity contribution in [2.45, 2.75) is 44.0 Å². The molecule has 9 heteroatoms. The highest BCUT2D eigenvalue weighted by atomic mass is 19.4. The fourth-order valence-corrected chi connectivity index (χ4v) is 3.76. The molecule has 0 fully saturated rings. The molecule has 176 valence electrons. The van der Waals surface area contributed by atoms with Gasteiger partial charge < -0.3 is 14.4 Å². The summed E-state index contributed by atoms with van der Waals surface area (Å²) in [6.07, 6.45) is -10.3. The fourth-order valence-electron chi connectivity index (χ4n) is 3.76. The van der Waals surface area contributed by atoms with Crippen molar-refractivity contribution < 1.29 is 35.8 Å². The normalized spacial score (nSPS) is 19.9. The third-order valence-electron chi connectivity index (χ3n) is 5.62. The van der Waals surface area contributed by atoms with Crippen LogP contribution in [0.2, 0.25) is 0 Å². The molecule has 0 saturated heterocycles. The summed E-state index contributed by atoms with van der Waals surface area (Å²) < 4.78 is 91.2. The molecule has 0 radical (unpaired) electrons. The van der Waals surface area contributed by atoms with Gasteiger partial charge in [-0.15, -0.1) is 0 Å². The number of hydrogen-bond donors (Lipinski definition) is 0. The largest absolute Gasteiger partial charge is 0.416 e. The van der Waals surface area contributed by atoms with E-state index in [1.165, 1.54) is 6.92 Å². The van der Waals surface area contributed by atoms with Gasteiger partial charge in [-0.3, -0.25) is 0 Å². The Labute approximate surface area is 182 Å². The Morgan fingerprint density at radius 1 is 1.00 bits per heavy atom. The average molecular weight is 461 g/mol. The van der Waals surface area contributed by atoms with Gasteiger partial charge in [0.05, 0.1) is 30.4 Å². The van der Waals surface area contributed by atoms with Gasteiger partial charge in [-0.2, -0.15) is 26.3 Å². The fraction of sp³-hybridized carbons (Fsp3) is 0.478. The van der Waals surface area contributed by atoms with Crippen LogP contribution in [0.5, 0.6) is 0 Å². The van der Waals surface area contributed by atoms with Crippen LogP contribution in [-0.4, -0.2) is 32.1 Å². The lowest BCUT2D eigenvalue weighted by atomic mass is 9.89. The Morgan fingerprint density at radius 3 is 2.16 bits per heavy atom. The smallest absolute Gasteiger partial charge is 0.370 e. The highest BCUT2D eigenvalue weighted by molar-refractivity contribution is 5.36. The molecule has 0 aliphatic carbocycles. The third kappa shape index (κ3) is 5.44. The Balaban J connectivity index is 1.88. The minimum Gasteiger partial charge on any atom is -0.370 e. The Kier molecular flexibility index (Phi) is 6.93. The first kappa shape index (κ1) is 24.5. The molecule has 3 rings (SSSR count). The van der Waals surface area contributed by atoms with Crippen LogP contribution in [0, 0.1) is 0 Å². The van der Waals surface area contributed by atoms with Crippen LogP contribution in [0.25, 0.3) is 0 Å². The van der Waals surface area contributed by atoms with E-state index in [2.05, 4.69) is 0 Å². The number of hydrogen-bond acceptors (Lipinski definition) is 3. The quantitative estimate of drug-likeness (QED) is 0.460. The summed E-state index contributed by atoms with van der Waals surface area (Å²) in [6, 6.07) is 9.12. The minimum absolute atomic E-state index is 0.00336. The van der Waals surface area contributed by atoms with Crippen molar-refractivity contribution in [1.82, 2.24) is 4.90 Å². The van der Waals surface area contributed by atoms with Gasteiger partial charge >= 0.3 is 12.4 Å². The zero-order valence-electron chi connectivity index (χ0n) is 18.0. The van der Waals surface area contributed by atoms with Crippen molar-refractivity contribution in [2.24, 2.45) is 0 Å². The number of alkyl halides is 6. The molecule has 1 aliphatic rings.